The molecule has 0 spiro atoms. The lowest BCUT2D eigenvalue weighted by Crippen LogP contribution is -2.19. The van der Waals surface area contributed by atoms with E-state index in [1.54, 1.807) is 26.0 Å². The van der Waals surface area contributed by atoms with Gasteiger partial charge in [0.25, 0.3) is 10.0 Å². The van der Waals surface area contributed by atoms with Gasteiger partial charge < -0.3 is 14.6 Å². The summed E-state index contributed by atoms with van der Waals surface area (Å²) < 4.78 is 37.5. The molecule has 0 bridgehead atoms. The average Bonchev–Trinajstić information content (AvgIpc) is 3.16. The number of ether oxygens (including phenoxy) is 1. The quantitative estimate of drug-likeness (QED) is 0.801. The Bertz CT molecular complexity index is 778. The van der Waals surface area contributed by atoms with Gasteiger partial charge in [-0.2, -0.15) is 0 Å². The zero-order chi connectivity index (χ0) is 17.2. The molecule has 3 rings (SSSR count). The van der Waals surface area contributed by atoms with Crippen LogP contribution in [0.4, 0.5) is 11.6 Å². The molecule has 0 aliphatic carbocycles. The van der Waals surface area contributed by atoms with E-state index in [0.29, 0.717) is 18.1 Å². The summed E-state index contributed by atoms with van der Waals surface area (Å²) in [7, 11) is -3.82. The molecule has 24 heavy (non-hydrogen) atoms. The van der Waals surface area contributed by atoms with Gasteiger partial charge in [-0.3, -0.25) is 4.72 Å². The summed E-state index contributed by atoms with van der Waals surface area (Å²) in [5.41, 5.74) is 0.294. The highest BCUT2D eigenvalue weighted by molar-refractivity contribution is 7.92. The van der Waals surface area contributed by atoms with E-state index in [1.165, 1.54) is 0 Å². The zero-order valence-corrected chi connectivity index (χ0v) is 14.3. The largest absolute Gasteiger partial charge is 0.376 e. The maximum Gasteiger partial charge on any atom is 0.268 e. The van der Waals surface area contributed by atoms with Gasteiger partial charge in [-0.05, 0) is 38.8 Å². The number of sulfonamides is 1. The van der Waals surface area contributed by atoms with E-state index in [9.17, 15) is 8.42 Å². The first-order valence-corrected chi connectivity index (χ1v) is 9.09. The van der Waals surface area contributed by atoms with Crippen molar-refractivity contribution in [3.05, 3.63) is 23.6 Å². The topological polar surface area (TPSA) is 119 Å². The molecule has 9 nitrogen and oxygen atoms in total. The molecular formula is C14H19N5O4S. The van der Waals surface area contributed by atoms with Gasteiger partial charge in [0.2, 0.25) is 0 Å². The van der Waals surface area contributed by atoms with Gasteiger partial charge >= 0.3 is 0 Å². The van der Waals surface area contributed by atoms with Crippen LogP contribution in [0.5, 0.6) is 0 Å². The van der Waals surface area contributed by atoms with Gasteiger partial charge in [0.15, 0.2) is 16.5 Å². The first kappa shape index (κ1) is 16.7. The second kappa shape index (κ2) is 6.73. The van der Waals surface area contributed by atoms with Gasteiger partial charge in [0, 0.05) is 13.2 Å². The van der Waals surface area contributed by atoms with Gasteiger partial charge in [-0.15, -0.1) is 10.2 Å². The predicted octanol–water partition coefficient (Wildman–Crippen LogP) is 1.47. The summed E-state index contributed by atoms with van der Waals surface area (Å²) in [4.78, 5) is 0.0184. The first-order valence-electron chi connectivity index (χ1n) is 7.60. The fourth-order valence-corrected chi connectivity index (χ4v) is 3.88. The molecule has 0 aromatic carbocycles. The molecule has 1 atom stereocenters. The normalized spacial score (nSPS) is 17.8. The van der Waals surface area contributed by atoms with Crippen LogP contribution in [0.3, 0.4) is 0 Å². The minimum Gasteiger partial charge on any atom is -0.376 e. The number of hydrogen-bond acceptors (Lipinski definition) is 8. The van der Waals surface area contributed by atoms with Crippen LogP contribution < -0.4 is 10.0 Å². The minimum absolute atomic E-state index is 0.0184. The van der Waals surface area contributed by atoms with Crippen molar-refractivity contribution in [3.8, 4) is 0 Å². The zero-order valence-electron chi connectivity index (χ0n) is 13.4. The van der Waals surface area contributed by atoms with Crippen molar-refractivity contribution in [2.24, 2.45) is 0 Å². The number of anilines is 2. The Kier molecular flexibility index (Phi) is 4.67. The van der Waals surface area contributed by atoms with Gasteiger partial charge in [0.05, 0.1) is 6.10 Å². The molecule has 2 aromatic rings. The lowest BCUT2D eigenvalue weighted by Gasteiger charge is -2.11. The van der Waals surface area contributed by atoms with E-state index in [2.05, 4.69) is 25.4 Å². The average molecular weight is 353 g/mol. The van der Waals surface area contributed by atoms with Crippen LogP contribution in [0, 0.1) is 13.8 Å². The van der Waals surface area contributed by atoms with E-state index in [4.69, 9.17) is 9.26 Å². The van der Waals surface area contributed by atoms with Crippen LogP contribution >= 0.6 is 0 Å². The Hall–Kier alpha value is -2.20. The number of nitrogens with zero attached hydrogens (tertiary/aromatic N) is 3. The molecule has 0 saturated carbocycles. The Morgan fingerprint density at radius 2 is 2.00 bits per heavy atom. The number of aryl methyl sites for hydroxylation is 2. The predicted molar refractivity (Wildman–Crippen MR) is 86.3 cm³/mol. The van der Waals surface area contributed by atoms with Crippen molar-refractivity contribution in [2.45, 2.75) is 37.7 Å². The summed E-state index contributed by atoms with van der Waals surface area (Å²) >= 11 is 0. The van der Waals surface area contributed by atoms with E-state index in [0.717, 1.165) is 19.4 Å². The van der Waals surface area contributed by atoms with E-state index in [1.807, 2.05) is 0 Å². The molecule has 1 aliphatic heterocycles. The molecule has 1 fully saturated rings. The Morgan fingerprint density at radius 1 is 1.25 bits per heavy atom. The molecule has 0 amide bonds. The SMILES string of the molecule is Cc1noc(C)c1S(=O)(=O)Nc1ccc(NCC2CCCO2)nn1. The lowest BCUT2D eigenvalue weighted by molar-refractivity contribution is 0.120. The third-order valence-corrected chi connectivity index (χ3v) is 5.27. The first-order chi connectivity index (χ1) is 11.5. The Morgan fingerprint density at radius 3 is 2.58 bits per heavy atom. The molecule has 10 heteroatoms. The minimum atomic E-state index is -3.82. The lowest BCUT2D eigenvalue weighted by atomic mass is 10.2. The highest BCUT2D eigenvalue weighted by atomic mass is 32.2. The molecule has 2 N–H and O–H groups in total. The van der Waals surface area contributed by atoms with Gasteiger partial charge in [-0.1, -0.05) is 5.16 Å². The van der Waals surface area contributed by atoms with Crippen LogP contribution in [0.2, 0.25) is 0 Å². The smallest absolute Gasteiger partial charge is 0.268 e. The fraction of sp³-hybridized carbons (Fsp3) is 0.500. The van der Waals surface area contributed by atoms with Crippen molar-refractivity contribution >= 4 is 21.7 Å². The molecule has 2 aromatic heterocycles. The van der Waals surface area contributed by atoms with Crippen molar-refractivity contribution in [1.82, 2.24) is 15.4 Å². The Labute approximate surface area is 139 Å². The van der Waals surface area contributed by atoms with Crippen LogP contribution in [-0.4, -0.2) is 43.0 Å². The third-order valence-electron chi connectivity index (χ3n) is 3.67. The molecule has 1 saturated heterocycles. The summed E-state index contributed by atoms with van der Waals surface area (Å²) in [6.45, 7) is 4.55. The summed E-state index contributed by atoms with van der Waals surface area (Å²) in [6.07, 6.45) is 2.28. The number of hydrogen-bond donors (Lipinski definition) is 2. The Balaban J connectivity index is 1.65. The molecular weight excluding hydrogens is 334 g/mol. The van der Waals surface area contributed by atoms with Crippen molar-refractivity contribution in [2.75, 3.05) is 23.2 Å². The van der Waals surface area contributed by atoms with Crippen LogP contribution in [0.1, 0.15) is 24.3 Å². The van der Waals surface area contributed by atoms with Gasteiger partial charge in [-0.25, -0.2) is 8.42 Å². The van der Waals surface area contributed by atoms with Crippen LogP contribution in [-0.2, 0) is 14.8 Å². The molecule has 1 unspecified atom stereocenters. The van der Waals surface area contributed by atoms with Crippen molar-refractivity contribution in [1.29, 1.82) is 0 Å². The summed E-state index contributed by atoms with van der Waals surface area (Å²) in [5, 5.41) is 14.6. The molecule has 130 valence electrons. The van der Waals surface area contributed by atoms with Crippen LogP contribution in [0.15, 0.2) is 21.6 Å². The monoisotopic (exact) mass is 353 g/mol. The third kappa shape index (κ3) is 3.65. The standard InChI is InChI=1S/C14H19N5O4S/c1-9-14(10(2)23-18-9)24(20,21)19-13-6-5-12(16-17-13)15-8-11-4-3-7-22-11/h5-6,11H,3-4,7-8H2,1-2H3,(H,15,16)(H,17,19). The number of nitrogens with one attached hydrogen (secondary N) is 2. The summed E-state index contributed by atoms with van der Waals surface area (Å²) in [6, 6.07) is 3.20. The fourth-order valence-electron chi connectivity index (χ4n) is 2.55. The second-order valence-corrected chi connectivity index (χ2v) is 7.20. The van der Waals surface area contributed by atoms with E-state index < -0.39 is 10.0 Å². The van der Waals surface area contributed by atoms with Crippen LogP contribution in [0.25, 0.3) is 0 Å². The maximum absolute atomic E-state index is 12.4. The highest BCUT2D eigenvalue weighted by Gasteiger charge is 2.24. The van der Waals surface area contributed by atoms with Crippen molar-refractivity contribution < 1.29 is 17.7 Å². The highest BCUT2D eigenvalue weighted by Crippen LogP contribution is 2.21. The number of aromatic nitrogens is 3. The number of rotatable bonds is 6. The summed E-state index contributed by atoms with van der Waals surface area (Å²) in [5.74, 6) is 0.909. The van der Waals surface area contributed by atoms with Crippen molar-refractivity contribution in [3.63, 3.8) is 0 Å². The van der Waals surface area contributed by atoms with E-state index in [-0.39, 0.29) is 22.6 Å². The molecule has 1 aliphatic rings. The molecule has 0 radical (unpaired) electrons. The van der Waals surface area contributed by atoms with Gasteiger partial charge in [0.1, 0.15) is 11.5 Å². The molecule has 3 heterocycles. The van der Waals surface area contributed by atoms with E-state index >= 15 is 0 Å². The second-order valence-electron chi connectivity index (χ2n) is 5.58. The maximum atomic E-state index is 12.4.